The van der Waals surface area contributed by atoms with Crippen LogP contribution in [0.4, 0.5) is 0 Å². The predicted molar refractivity (Wildman–Crippen MR) is 38.2 cm³/mol. The molecule has 0 aromatic carbocycles. The first kappa shape index (κ1) is 7.18. The van der Waals surface area contributed by atoms with Crippen molar-refractivity contribution in [3.63, 3.8) is 0 Å². The molecule has 1 aromatic heterocycles. The Labute approximate surface area is 59.8 Å². The molecule has 0 bridgehead atoms. The maximum atomic E-state index is 5.51. The highest BCUT2D eigenvalue weighted by molar-refractivity contribution is 5.05. The lowest BCUT2D eigenvalue weighted by Gasteiger charge is -2.06. The molecule has 3 nitrogen and oxygen atoms in total. The van der Waals surface area contributed by atoms with Gasteiger partial charge >= 0.3 is 0 Å². The van der Waals surface area contributed by atoms with E-state index in [0.29, 0.717) is 0 Å². The van der Waals surface area contributed by atoms with E-state index in [0.717, 1.165) is 5.69 Å². The standard InChI is InChI=1S/C7H10N2O/c1-10-7(8)6-4-2-3-5-9-6/h2-5,7H,8H2,1H3. The third kappa shape index (κ3) is 1.52. The van der Waals surface area contributed by atoms with E-state index in [1.807, 2.05) is 18.2 Å². The molecule has 0 saturated heterocycles. The van der Waals surface area contributed by atoms with Crippen LogP contribution in [0, 0.1) is 0 Å². The van der Waals surface area contributed by atoms with Crippen LogP contribution in [0.3, 0.4) is 0 Å². The molecule has 0 radical (unpaired) electrons. The fourth-order valence-corrected chi connectivity index (χ4v) is 0.665. The predicted octanol–water partition coefficient (Wildman–Crippen LogP) is 0.685. The SMILES string of the molecule is COC(N)c1ccccn1. The number of aromatic nitrogens is 1. The van der Waals surface area contributed by atoms with E-state index >= 15 is 0 Å². The van der Waals surface area contributed by atoms with Crippen molar-refractivity contribution < 1.29 is 4.74 Å². The Bertz CT molecular complexity index is 188. The number of pyridine rings is 1. The van der Waals surface area contributed by atoms with Gasteiger partial charge in [0.2, 0.25) is 0 Å². The Balaban J connectivity index is 2.75. The first-order valence-corrected chi connectivity index (χ1v) is 3.04. The van der Waals surface area contributed by atoms with E-state index in [1.165, 1.54) is 0 Å². The Morgan fingerprint density at radius 1 is 1.60 bits per heavy atom. The van der Waals surface area contributed by atoms with E-state index in [1.54, 1.807) is 13.3 Å². The van der Waals surface area contributed by atoms with Crippen LogP contribution in [0.2, 0.25) is 0 Å². The molecule has 0 saturated carbocycles. The van der Waals surface area contributed by atoms with Gasteiger partial charge in [0.15, 0.2) is 0 Å². The van der Waals surface area contributed by atoms with Crippen molar-refractivity contribution in [3.05, 3.63) is 30.1 Å². The fraction of sp³-hybridized carbons (Fsp3) is 0.286. The summed E-state index contributed by atoms with van der Waals surface area (Å²) in [6.07, 6.45) is 1.29. The van der Waals surface area contributed by atoms with Crippen LogP contribution in [0.15, 0.2) is 24.4 Å². The Morgan fingerprint density at radius 2 is 2.40 bits per heavy atom. The van der Waals surface area contributed by atoms with Gasteiger partial charge in [-0.2, -0.15) is 0 Å². The van der Waals surface area contributed by atoms with E-state index in [2.05, 4.69) is 4.98 Å². The molecule has 1 heterocycles. The maximum absolute atomic E-state index is 5.51. The van der Waals surface area contributed by atoms with Crippen molar-refractivity contribution in [2.75, 3.05) is 7.11 Å². The molecule has 0 spiro atoms. The lowest BCUT2D eigenvalue weighted by atomic mass is 10.3. The van der Waals surface area contributed by atoms with E-state index in [-0.39, 0.29) is 0 Å². The van der Waals surface area contributed by atoms with Crippen LogP contribution in [0.5, 0.6) is 0 Å². The summed E-state index contributed by atoms with van der Waals surface area (Å²) in [5, 5.41) is 0. The molecule has 3 heteroatoms. The van der Waals surface area contributed by atoms with Crippen molar-refractivity contribution in [1.29, 1.82) is 0 Å². The van der Waals surface area contributed by atoms with Crippen LogP contribution in [0.25, 0.3) is 0 Å². The van der Waals surface area contributed by atoms with Gasteiger partial charge in [0.25, 0.3) is 0 Å². The third-order valence-electron chi connectivity index (χ3n) is 1.23. The summed E-state index contributed by atoms with van der Waals surface area (Å²) in [5.74, 6) is 0. The van der Waals surface area contributed by atoms with Crippen molar-refractivity contribution in [1.82, 2.24) is 4.98 Å². The maximum Gasteiger partial charge on any atom is 0.148 e. The molecular weight excluding hydrogens is 128 g/mol. The molecule has 1 unspecified atom stereocenters. The molecular formula is C7H10N2O. The third-order valence-corrected chi connectivity index (χ3v) is 1.23. The molecule has 0 aliphatic heterocycles. The van der Waals surface area contributed by atoms with Gasteiger partial charge in [0.1, 0.15) is 6.23 Å². The average molecular weight is 138 g/mol. The summed E-state index contributed by atoms with van der Waals surface area (Å²) >= 11 is 0. The number of nitrogens with zero attached hydrogens (tertiary/aromatic N) is 1. The molecule has 0 fully saturated rings. The lowest BCUT2D eigenvalue weighted by molar-refractivity contribution is 0.106. The molecule has 2 N–H and O–H groups in total. The molecule has 1 aromatic rings. The van der Waals surface area contributed by atoms with Gasteiger partial charge in [0.05, 0.1) is 5.69 Å². The summed E-state index contributed by atoms with van der Waals surface area (Å²) in [7, 11) is 1.55. The van der Waals surface area contributed by atoms with Gasteiger partial charge in [-0.15, -0.1) is 0 Å². The highest BCUT2D eigenvalue weighted by Crippen LogP contribution is 2.04. The first-order chi connectivity index (χ1) is 4.84. The Hall–Kier alpha value is -0.930. The second-order valence-corrected chi connectivity index (χ2v) is 1.91. The zero-order valence-corrected chi connectivity index (χ0v) is 5.82. The van der Waals surface area contributed by atoms with E-state index in [4.69, 9.17) is 10.5 Å². The monoisotopic (exact) mass is 138 g/mol. The van der Waals surface area contributed by atoms with Gasteiger partial charge in [-0.3, -0.25) is 4.98 Å². The topological polar surface area (TPSA) is 48.1 Å². The van der Waals surface area contributed by atoms with Gasteiger partial charge in [-0.25, -0.2) is 0 Å². The summed E-state index contributed by atoms with van der Waals surface area (Å²) in [6.45, 7) is 0. The van der Waals surface area contributed by atoms with Crippen LogP contribution in [0.1, 0.15) is 11.9 Å². The van der Waals surface area contributed by atoms with Crippen molar-refractivity contribution in [3.8, 4) is 0 Å². The molecule has 10 heavy (non-hydrogen) atoms. The van der Waals surface area contributed by atoms with E-state index < -0.39 is 6.23 Å². The largest absolute Gasteiger partial charge is 0.361 e. The van der Waals surface area contributed by atoms with E-state index in [9.17, 15) is 0 Å². The van der Waals surface area contributed by atoms with Crippen LogP contribution in [-0.4, -0.2) is 12.1 Å². The van der Waals surface area contributed by atoms with Crippen molar-refractivity contribution in [2.24, 2.45) is 5.73 Å². The summed E-state index contributed by atoms with van der Waals surface area (Å²) in [4.78, 5) is 4.00. The van der Waals surface area contributed by atoms with Gasteiger partial charge in [-0.05, 0) is 12.1 Å². The molecule has 0 aliphatic carbocycles. The minimum Gasteiger partial charge on any atom is -0.361 e. The summed E-state index contributed by atoms with van der Waals surface area (Å²) < 4.78 is 4.85. The lowest BCUT2D eigenvalue weighted by Crippen LogP contribution is -2.13. The Kier molecular flexibility index (Phi) is 2.36. The Morgan fingerprint density at radius 3 is 2.90 bits per heavy atom. The van der Waals surface area contributed by atoms with Gasteiger partial charge in [-0.1, -0.05) is 6.07 Å². The molecule has 54 valence electrons. The minimum atomic E-state index is -0.402. The molecule has 0 amide bonds. The second kappa shape index (κ2) is 3.29. The summed E-state index contributed by atoms with van der Waals surface area (Å²) in [6, 6.07) is 5.54. The zero-order valence-electron chi connectivity index (χ0n) is 5.82. The van der Waals surface area contributed by atoms with Crippen LogP contribution < -0.4 is 5.73 Å². The second-order valence-electron chi connectivity index (χ2n) is 1.91. The quantitative estimate of drug-likeness (QED) is 0.611. The number of nitrogens with two attached hydrogens (primary N) is 1. The number of hydrogen-bond donors (Lipinski definition) is 1. The molecule has 0 aliphatic rings. The first-order valence-electron chi connectivity index (χ1n) is 3.04. The normalized spacial score (nSPS) is 13.0. The fourth-order valence-electron chi connectivity index (χ4n) is 0.665. The van der Waals surface area contributed by atoms with Gasteiger partial charge < -0.3 is 10.5 Å². The smallest absolute Gasteiger partial charge is 0.148 e. The molecule has 1 rings (SSSR count). The van der Waals surface area contributed by atoms with Crippen LogP contribution >= 0.6 is 0 Å². The number of ether oxygens (including phenoxy) is 1. The minimum absolute atomic E-state index is 0.402. The number of methoxy groups -OCH3 is 1. The summed E-state index contributed by atoms with van der Waals surface area (Å²) in [5.41, 5.74) is 6.26. The zero-order chi connectivity index (χ0) is 7.40. The van der Waals surface area contributed by atoms with Crippen molar-refractivity contribution >= 4 is 0 Å². The highest BCUT2D eigenvalue weighted by atomic mass is 16.5. The van der Waals surface area contributed by atoms with Crippen LogP contribution in [-0.2, 0) is 4.74 Å². The molecule has 1 atom stereocenters. The number of rotatable bonds is 2. The highest BCUT2D eigenvalue weighted by Gasteiger charge is 2.01. The van der Waals surface area contributed by atoms with Crippen molar-refractivity contribution in [2.45, 2.75) is 6.23 Å². The average Bonchev–Trinajstić information content (AvgIpc) is 2.05. The van der Waals surface area contributed by atoms with Gasteiger partial charge in [0, 0.05) is 13.3 Å². The number of hydrogen-bond acceptors (Lipinski definition) is 3.